The van der Waals surface area contributed by atoms with Crippen LogP contribution in [-0.4, -0.2) is 75.1 Å². The highest BCUT2D eigenvalue weighted by molar-refractivity contribution is 6.00. The molecule has 1 spiro atoms. The number of benzene rings is 2. The Labute approximate surface area is 242 Å². The number of nitrogens with zero attached hydrogens (tertiary/aromatic N) is 2. The predicted octanol–water partition coefficient (Wildman–Crippen LogP) is 4.45. The minimum absolute atomic E-state index is 0.0628. The lowest BCUT2D eigenvalue weighted by molar-refractivity contribution is -0.166. The van der Waals surface area contributed by atoms with E-state index in [1.807, 2.05) is 29.2 Å². The second-order valence-electron chi connectivity index (χ2n) is 12.1. The van der Waals surface area contributed by atoms with Crippen molar-refractivity contribution in [1.29, 1.82) is 0 Å². The molecule has 1 aliphatic carbocycles. The topological polar surface area (TPSA) is 110 Å². The van der Waals surface area contributed by atoms with Crippen LogP contribution >= 0.6 is 0 Å². The van der Waals surface area contributed by atoms with E-state index in [4.69, 9.17) is 0 Å². The molecular weight excluding hydrogens is 518 g/mol. The number of nitrogens with one attached hydrogen (secondary N) is 1. The normalized spacial score (nSPS) is 22.5. The number of likely N-dealkylation sites (tertiary alicyclic amines) is 1. The Morgan fingerprint density at radius 1 is 1.02 bits per heavy atom. The van der Waals surface area contributed by atoms with Gasteiger partial charge in [-0.2, -0.15) is 0 Å². The summed E-state index contributed by atoms with van der Waals surface area (Å²) in [6.07, 6.45) is 7.17. The number of aromatic carboxylic acids is 1. The zero-order valence-corrected chi connectivity index (χ0v) is 24.1. The summed E-state index contributed by atoms with van der Waals surface area (Å²) in [6.45, 7) is 4.74. The molecule has 2 aliphatic heterocycles. The van der Waals surface area contributed by atoms with Crippen LogP contribution < -0.4 is 5.32 Å². The van der Waals surface area contributed by atoms with Crippen LogP contribution in [-0.2, 0) is 16.1 Å². The summed E-state index contributed by atoms with van der Waals surface area (Å²) in [6, 6.07) is 14.3. The number of amides is 2. The van der Waals surface area contributed by atoms with Gasteiger partial charge in [0.25, 0.3) is 0 Å². The van der Waals surface area contributed by atoms with Crippen LogP contribution in [0, 0.1) is 5.92 Å². The maximum atomic E-state index is 13.8. The van der Waals surface area contributed by atoms with Crippen molar-refractivity contribution < 1.29 is 24.6 Å². The number of rotatable bonds is 9. The molecule has 220 valence electrons. The lowest BCUT2D eigenvalue weighted by Gasteiger charge is -2.52. The van der Waals surface area contributed by atoms with Gasteiger partial charge in [-0.1, -0.05) is 62.9 Å². The predicted molar refractivity (Wildman–Crippen MR) is 157 cm³/mol. The minimum Gasteiger partial charge on any atom is -0.478 e. The van der Waals surface area contributed by atoms with Crippen molar-refractivity contribution >= 4 is 17.8 Å². The van der Waals surface area contributed by atoms with E-state index < -0.39 is 23.7 Å². The third-order valence-electron chi connectivity index (χ3n) is 9.45. The van der Waals surface area contributed by atoms with Crippen LogP contribution in [0.1, 0.15) is 80.6 Å². The summed E-state index contributed by atoms with van der Waals surface area (Å²) in [4.78, 5) is 42.9. The maximum Gasteiger partial charge on any atom is 0.335 e. The molecule has 0 radical (unpaired) electrons. The number of carbonyl (C=O) groups excluding carboxylic acids is 2. The third-order valence-corrected chi connectivity index (χ3v) is 9.45. The number of carbonyl (C=O) groups is 3. The first-order chi connectivity index (χ1) is 19.8. The van der Waals surface area contributed by atoms with E-state index in [1.54, 1.807) is 12.1 Å². The van der Waals surface area contributed by atoms with Crippen LogP contribution in [0.15, 0.2) is 48.5 Å². The van der Waals surface area contributed by atoms with Crippen molar-refractivity contribution in [1.82, 2.24) is 15.1 Å². The van der Waals surface area contributed by atoms with Gasteiger partial charge >= 0.3 is 5.97 Å². The lowest BCUT2D eigenvalue weighted by atomic mass is 9.78. The number of aliphatic hydroxyl groups excluding tert-OH is 1. The van der Waals surface area contributed by atoms with Crippen molar-refractivity contribution in [2.45, 2.75) is 88.9 Å². The van der Waals surface area contributed by atoms with Gasteiger partial charge in [-0.05, 0) is 72.9 Å². The summed E-state index contributed by atoms with van der Waals surface area (Å²) >= 11 is 0. The molecule has 8 nitrogen and oxygen atoms in total. The van der Waals surface area contributed by atoms with Gasteiger partial charge in [0.1, 0.15) is 11.6 Å². The third kappa shape index (κ3) is 6.19. The molecule has 2 amide bonds. The van der Waals surface area contributed by atoms with Crippen LogP contribution in [0.5, 0.6) is 0 Å². The first kappa shape index (κ1) is 29.3. The summed E-state index contributed by atoms with van der Waals surface area (Å²) in [5.74, 6) is -1.11. The number of carboxylic acids is 1. The Balaban J connectivity index is 1.26. The van der Waals surface area contributed by atoms with Crippen molar-refractivity contribution in [2.75, 3.05) is 19.6 Å². The van der Waals surface area contributed by atoms with Crippen molar-refractivity contribution in [3.8, 4) is 11.1 Å². The Kier molecular flexibility index (Phi) is 9.09. The van der Waals surface area contributed by atoms with Gasteiger partial charge in [-0.25, -0.2) is 4.79 Å². The van der Waals surface area contributed by atoms with Crippen molar-refractivity contribution in [3.63, 3.8) is 0 Å². The van der Waals surface area contributed by atoms with E-state index in [9.17, 15) is 24.6 Å². The summed E-state index contributed by atoms with van der Waals surface area (Å²) in [5, 5.41) is 23.3. The number of carboxylic acid groups (broad SMARTS) is 1. The monoisotopic (exact) mass is 561 g/mol. The Morgan fingerprint density at radius 3 is 2.39 bits per heavy atom. The highest BCUT2D eigenvalue weighted by Gasteiger charge is 2.55. The van der Waals surface area contributed by atoms with Crippen LogP contribution in [0.25, 0.3) is 11.1 Å². The molecule has 3 N–H and O–H groups in total. The second kappa shape index (κ2) is 12.7. The number of hydrogen-bond acceptors (Lipinski definition) is 5. The Hall–Kier alpha value is -3.23. The molecule has 2 aromatic carbocycles. The van der Waals surface area contributed by atoms with E-state index in [0.29, 0.717) is 32.5 Å². The second-order valence-corrected chi connectivity index (χ2v) is 12.1. The Morgan fingerprint density at radius 2 is 1.73 bits per heavy atom. The molecule has 2 saturated heterocycles. The Bertz CT molecular complexity index is 1230. The van der Waals surface area contributed by atoms with Gasteiger partial charge in [-0.3, -0.25) is 14.5 Å². The van der Waals surface area contributed by atoms with E-state index in [2.05, 4.69) is 29.3 Å². The first-order valence-corrected chi connectivity index (χ1v) is 15.3. The molecule has 0 bridgehead atoms. The number of piperazine rings is 1. The summed E-state index contributed by atoms with van der Waals surface area (Å²) in [7, 11) is 0. The molecule has 8 heteroatoms. The van der Waals surface area contributed by atoms with E-state index in [1.165, 1.54) is 6.42 Å². The molecule has 3 fully saturated rings. The smallest absolute Gasteiger partial charge is 0.335 e. The van der Waals surface area contributed by atoms with Gasteiger partial charge in [0, 0.05) is 26.2 Å². The molecule has 0 unspecified atom stereocenters. The fourth-order valence-electron chi connectivity index (χ4n) is 6.95. The molecule has 1 saturated carbocycles. The van der Waals surface area contributed by atoms with Crippen LogP contribution in [0.3, 0.4) is 0 Å². The zero-order valence-electron chi connectivity index (χ0n) is 24.1. The SMILES string of the molecule is CCCCN1C(=O)[C@@H]([C@H](O)C2CCCCC2)NC(=O)C12CCN(Cc1cccc(-c3ccc(C(=O)O)cc3)c1)CC2. The minimum atomic E-state index is -0.939. The van der Waals surface area contributed by atoms with Gasteiger partial charge in [0.05, 0.1) is 11.7 Å². The number of unbranched alkanes of at least 4 members (excludes halogenated alkanes) is 1. The standard InChI is InChI=1S/C33H43N3O5/c1-2-3-18-36-30(38)28(29(37)25-9-5-4-6-10-25)34-32(41)33(36)16-19-35(20-17-33)22-23-8-7-11-27(21-23)24-12-14-26(15-13-24)31(39)40/h7-8,11-15,21,25,28-29,37H,2-6,9-10,16-20,22H2,1H3,(H,34,41)(H,39,40)/t28-,29-/m1/s1. The number of piperidine rings is 1. The molecular formula is C33H43N3O5. The van der Waals surface area contributed by atoms with Crippen molar-refractivity contribution in [2.24, 2.45) is 5.92 Å². The summed E-state index contributed by atoms with van der Waals surface area (Å²) < 4.78 is 0. The molecule has 2 heterocycles. The van der Waals surface area contributed by atoms with Crippen LogP contribution in [0.4, 0.5) is 0 Å². The summed E-state index contributed by atoms with van der Waals surface area (Å²) in [5.41, 5.74) is 2.53. The maximum absolute atomic E-state index is 13.8. The molecule has 2 aromatic rings. The largest absolute Gasteiger partial charge is 0.478 e. The lowest BCUT2D eigenvalue weighted by Crippen LogP contribution is -2.75. The number of aliphatic hydroxyl groups is 1. The van der Waals surface area contributed by atoms with Crippen LogP contribution in [0.2, 0.25) is 0 Å². The molecule has 41 heavy (non-hydrogen) atoms. The zero-order chi connectivity index (χ0) is 29.0. The van der Waals surface area contributed by atoms with E-state index in [-0.39, 0.29) is 23.3 Å². The highest BCUT2D eigenvalue weighted by Crippen LogP contribution is 2.36. The van der Waals surface area contributed by atoms with E-state index >= 15 is 0 Å². The van der Waals surface area contributed by atoms with Gasteiger partial charge in [0.2, 0.25) is 11.8 Å². The highest BCUT2D eigenvalue weighted by atomic mass is 16.4. The first-order valence-electron chi connectivity index (χ1n) is 15.3. The van der Waals surface area contributed by atoms with Gasteiger partial charge in [-0.15, -0.1) is 0 Å². The average Bonchev–Trinajstić information content (AvgIpc) is 3.00. The van der Waals surface area contributed by atoms with E-state index in [0.717, 1.165) is 61.8 Å². The quantitative estimate of drug-likeness (QED) is 0.417. The van der Waals surface area contributed by atoms with Gasteiger partial charge in [0.15, 0.2) is 0 Å². The molecule has 2 atom stereocenters. The molecule has 0 aromatic heterocycles. The van der Waals surface area contributed by atoms with Crippen molar-refractivity contribution in [3.05, 3.63) is 59.7 Å². The fraction of sp³-hybridized carbons (Fsp3) is 0.545. The molecule has 3 aliphatic rings. The molecule has 5 rings (SSSR count). The number of hydrogen-bond donors (Lipinski definition) is 3. The van der Waals surface area contributed by atoms with Gasteiger partial charge < -0.3 is 20.4 Å². The average molecular weight is 562 g/mol. The fourth-order valence-corrected chi connectivity index (χ4v) is 6.95.